The van der Waals surface area contributed by atoms with Gasteiger partial charge in [-0.15, -0.1) is 0 Å². The van der Waals surface area contributed by atoms with Crippen molar-refractivity contribution < 1.29 is 14.0 Å². The molecule has 1 aliphatic heterocycles. The van der Waals surface area contributed by atoms with Crippen molar-refractivity contribution in [3.63, 3.8) is 0 Å². The second-order valence-corrected chi connectivity index (χ2v) is 6.34. The van der Waals surface area contributed by atoms with Crippen LogP contribution in [0.15, 0.2) is 18.2 Å². The minimum absolute atomic E-state index is 0.0289. The molecule has 0 spiro atoms. The highest BCUT2D eigenvalue weighted by atomic mass is 19.1. The van der Waals surface area contributed by atoms with Crippen LogP contribution < -0.4 is 10.6 Å². The average Bonchev–Trinajstić information content (AvgIpc) is 2.75. The summed E-state index contributed by atoms with van der Waals surface area (Å²) in [6.45, 7) is 3.45. The van der Waals surface area contributed by atoms with Crippen molar-refractivity contribution in [2.24, 2.45) is 5.92 Å². The van der Waals surface area contributed by atoms with E-state index in [9.17, 15) is 14.0 Å². The molecule has 0 unspecified atom stereocenters. The number of nitrogens with zero attached hydrogens (tertiary/aromatic N) is 1. The molecule has 124 valence electrons. The molecule has 3 amide bonds. The maximum absolute atomic E-state index is 14.0. The van der Waals surface area contributed by atoms with Gasteiger partial charge in [0.25, 0.3) is 0 Å². The van der Waals surface area contributed by atoms with Crippen molar-refractivity contribution in [2.75, 3.05) is 19.6 Å². The highest BCUT2D eigenvalue weighted by molar-refractivity contribution is 5.79. The number of carbonyl (C=O) groups excluding carboxylic acids is 2. The standard InChI is InChI=1S/C17H22FN3O2/c1-11-5-6-12-13(3-2-4-14(12)18)16(11)20-17(23)21-9-7-15(22)19-8-10-21/h2-4,11,16H,5-10H2,1H3,(H,19,22)(H,20,23)/t11-,16+/m1/s1. The lowest BCUT2D eigenvalue weighted by Crippen LogP contribution is -2.45. The van der Waals surface area contributed by atoms with Gasteiger partial charge in [0.1, 0.15) is 5.82 Å². The Morgan fingerprint density at radius 2 is 2.17 bits per heavy atom. The summed E-state index contributed by atoms with van der Waals surface area (Å²) >= 11 is 0. The Bertz CT molecular complexity index is 620. The maximum atomic E-state index is 14.0. The Kier molecular flexibility index (Phi) is 4.50. The largest absolute Gasteiger partial charge is 0.354 e. The summed E-state index contributed by atoms with van der Waals surface area (Å²) in [5.41, 5.74) is 1.59. The molecule has 1 heterocycles. The smallest absolute Gasteiger partial charge is 0.317 e. The molecule has 23 heavy (non-hydrogen) atoms. The molecule has 2 N–H and O–H groups in total. The summed E-state index contributed by atoms with van der Waals surface area (Å²) in [5.74, 6) is 0.0250. The van der Waals surface area contributed by atoms with Gasteiger partial charge in [0.15, 0.2) is 0 Å². The Morgan fingerprint density at radius 1 is 1.35 bits per heavy atom. The van der Waals surface area contributed by atoms with Gasteiger partial charge >= 0.3 is 6.03 Å². The number of halogens is 1. The summed E-state index contributed by atoms with van der Waals surface area (Å²) in [5, 5.41) is 5.80. The van der Waals surface area contributed by atoms with Gasteiger partial charge in [0.2, 0.25) is 5.91 Å². The van der Waals surface area contributed by atoms with E-state index in [0.717, 1.165) is 12.0 Å². The number of carbonyl (C=O) groups is 2. The molecule has 1 aromatic carbocycles. The van der Waals surface area contributed by atoms with E-state index in [1.807, 2.05) is 6.07 Å². The topological polar surface area (TPSA) is 61.4 Å². The molecular formula is C17H22FN3O2. The Morgan fingerprint density at radius 3 is 3.00 bits per heavy atom. The van der Waals surface area contributed by atoms with E-state index in [2.05, 4.69) is 17.6 Å². The number of amides is 3. The van der Waals surface area contributed by atoms with Gasteiger partial charge in [-0.2, -0.15) is 0 Å². The predicted octanol–water partition coefficient (Wildman–Crippen LogP) is 1.98. The van der Waals surface area contributed by atoms with Gasteiger partial charge in [0.05, 0.1) is 6.04 Å². The van der Waals surface area contributed by atoms with Gasteiger partial charge in [0, 0.05) is 26.1 Å². The monoisotopic (exact) mass is 319 g/mol. The second kappa shape index (κ2) is 6.56. The molecule has 6 heteroatoms. The van der Waals surface area contributed by atoms with E-state index in [1.165, 1.54) is 6.07 Å². The number of fused-ring (bicyclic) bond motifs is 1. The number of rotatable bonds is 1. The zero-order valence-electron chi connectivity index (χ0n) is 13.3. The van der Waals surface area contributed by atoms with E-state index < -0.39 is 0 Å². The Hall–Kier alpha value is -2.11. The van der Waals surface area contributed by atoms with E-state index in [1.54, 1.807) is 11.0 Å². The van der Waals surface area contributed by atoms with Crippen molar-refractivity contribution in [2.45, 2.75) is 32.2 Å². The first-order chi connectivity index (χ1) is 11.1. The van der Waals surface area contributed by atoms with Gasteiger partial charge < -0.3 is 15.5 Å². The van der Waals surface area contributed by atoms with E-state index in [-0.39, 0.29) is 29.7 Å². The van der Waals surface area contributed by atoms with Crippen LogP contribution in [0.4, 0.5) is 9.18 Å². The molecule has 2 atom stereocenters. The van der Waals surface area contributed by atoms with Crippen LogP contribution in [-0.4, -0.2) is 36.5 Å². The van der Waals surface area contributed by atoms with Gasteiger partial charge in [-0.25, -0.2) is 9.18 Å². The molecule has 0 saturated carbocycles. The van der Waals surface area contributed by atoms with E-state index in [4.69, 9.17) is 0 Å². The number of hydrogen-bond donors (Lipinski definition) is 2. The molecule has 1 saturated heterocycles. The van der Waals surface area contributed by atoms with Gasteiger partial charge in [-0.05, 0) is 36.0 Å². The van der Waals surface area contributed by atoms with Crippen LogP contribution in [0.25, 0.3) is 0 Å². The summed E-state index contributed by atoms with van der Waals surface area (Å²) in [6, 6.07) is 4.69. The predicted molar refractivity (Wildman–Crippen MR) is 84.4 cm³/mol. The van der Waals surface area contributed by atoms with E-state index in [0.29, 0.717) is 38.0 Å². The van der Waals surface area contributed by atoms with Crippen LogP contribution >= 0.6 is 0 Å². The van der Waals surface area contributed by atoms with Crippen LogP contribution in [-0.2, 0) is 11.2 Å². The van der Waals surface area contributed by atoms with Crippen LogP contribution in [0.5, 0.6) is 0 Å². The van der Waals surface area contributed by atoms with Gasteiger partial charge in [-0.3, -0.25) is 4.79 Å². The first-order valence-electron chi connectivity index (χ1n) is 8.15. The molecule has 0 bridgehead atoms. The van der Waals surface area contributed by atoms with Crippen molar-refractivity contribution in [1.29, 1.82) is 0 Å². The summed E-state index contributed by atoms with van der Waals surface area (Å²) < 4.78 is 14.0. The Balaban J connectivity index is 1.75. The number of benzene rings is 1. The van der Waals surface area contributed by atoms with Crippen molar-refractivity contribution in [3.8, 4) is 0 Å². The molecule has 0 radical (unpaired) electrons. The number of urea groups is 1. The normalized spacial score (nSPS) is 24.4. The molecule has 1 fully saturated rings. The lowest BCUT2D eigenvalue weighted by molar-refractivity contribution is -0.120. The molecule has 1 aliphatic carbocycles. The molecule has 5 nitrogen and oxygen atoms in total. The van der Waals surface area contributed by atoms with Crippen LogP contribution in [0.1, 0.15) is 36.9 Å². The summed E-state index contributed by atoms with van der Waals surface area (Å²) in [6.07, 6.45) is 1.87. The van der Waals surface area contributed by atoms with E-state index >= 15 is 0 Å². The van der Waals surface area contributed by atoms with Crippen LogP contribution in [0.2, 0.25) is 0 Å². The lowest BCUT2D eigenvalue weighted by atomic mass is 9.80. The quantitative estimate of drug-likeness (QED) is 0.831. The minimum Gasteiger partial charge on any atom is -0.354 e. The van der Waals surface area contributed by atoms with Crippen molar-refractivity contribution >= 4 is 11.9 Å². The molecule has 2 aliphatic rings. The fourth-order valence-electron chi connectivity index (χ4n) is 3.39. The molecule has 3 rings (SSSR count). The lowest BCUT2D eigenvalue weighted by Gasteiger charge is -2.34. The molecular weight excluding hydrogens is 297 g/mol. The van der Waals surface area contributed by atoms with Gasteiger partial charge in [-0.1, -0.05) is 19.1 Å². The third-order valence-corrected chi connectivity index (χ3v) is 4.79. The highest BCUT2D eigenvalue weighted by Crippen LogP contribution is 2.35. The van der Waals surface area contributed by atoms with Crippen molar-refractivity contribution in [1.82, 2.24) is 15.5 Å². The fraction of sp³-hybridized carbons (Fsp3) is 0.529. The first-order valence-corrected chi connectivity index (χ1v) is 8.15. The zero-order valence-corrected chi connectivity index (χ0v) is 13.3. The van der Waals surface area contributed by atoms with Crippen LogP contribution in [0, 0.1) is 11.7 Å². The number of nitrogens with one attached hydrogen (secondary N) is 2. The fourth-order valence-corrected chi connectivity index (χ4v) is 3.39. The minimum atomic E-state index is -0.196. The van der Waals surface area contributed by atoms with Crippen LogP contribution in [0.3, 0.4) is 0 Å². The molecule has 0 aromatic heterocycles. The third kappa shape index (κ3) is 3.30. The van der Waals surface area contributed by atoms with Crippen molar-refractivity contribution in [3.05, 3.63) is 35.1 Å². The SMILES string of the molecule is C[C@@H]1CCc2c(F)cccc2[C@H]1NC(=O)N1CCNC(=O)CC1. The third-order valence-electron chi connectivity index (χ3n) is 4.79. The molecule has 1 aromatic rings. The summed E-state index contributed by atoms with van der Waals surface area (Å²) in [7, 11) is 0. The summed E-state index contributed by atoms with van der Waals surface area (Å²) in [4.78, 5) is 25.6. The maximum Gasteiger partial charge on any atom is 0.317 e. The second-order valence-electron chi connectivity index (χ2n) is 6.34. The zero-order chi connectivity index (χ0) is 16.4. The Labute approximate surface area is 135 Å². The number of hydrogen-bond acceptors (Lipinski definition) is 2. The average molecular weight is 319 g/mol. The first kappa shape index (κ1) is 15.8. The highest BCUT2D eigenvalue weighted by Gasteiger charge is 2.31.